The lowest BCUT2D eigenvalue weighted by atomic mass is 9.86. The van der Waals surface area contributed by atoms with Crippen molar-refractivity contribution in [2.45, 2.75) is 50.5 Å². The van der Waals surface area contributed by atoms with Gasteiger partial charge >= 0.3 is 0 Å². The number of alkyl halides is 2. The molecule has 194 valence electrons. The first-order valence-electron chi connectivity index (χ1n) is 11.8. The molecule has 3 heterocycles. The van der Waals surface area contributed by atoms with Crippen LogP contribution in [0.2, 0.25) is 5.02 Å². The van der Waals surface area contributed by atoms with E-state index in [4.69, 9.17) is 11.6 Å². The molecule has 0 aromatic heterocycles. The van der Waals surface area contributed by atoms with E-state index in [-0.39, 0.29) is 42.9 Å². The normalized spacial score (nSPS) is 30.0. The lowest BCUT2D eigenvalue weighted by Crippen LogP contribution is -2.59. The third kappa shape index (κ3) is 5.52. The van der Waals surface area contributed by atoms with Crippen LogP contribution in [0.3, 0.4) is 0 Å². The predicted molar refractivity (Wildman–Crippen MR) is 125 cm³/mol. The van der Waals surface area contributed by atoms with Crippen molar-refractivity contribution in [3.8, 4) is 0 Å². The van der Waals surface area contributed by atoms with Crippen molar-refractivity contribution in [2.75, 3.05) is 44.2 Å². The number of amides is 2. The number of nitrogens with zero attached hydrogens (tertiary/aromatic N) is 3. The number of piperazine rings is 1. The number of likely N-dealkylation sites (tertiary alicyclic amines) is 1. The van der Waals surface area contributed by atoms with Gasteiger partial charge in [-0.1, -0.05) is 18.5 Å². The molecule has 0 saturated carbocycles. The van der Waals surface area contributed by atoms with E-state index < -0.39 is 42.0 Å². The van der Waals surface area contributed by atoms with Gasteiger partial charge in [-0.25, -0.2) is 13.2 Å². The SMILES string of the molecule is CC(CC1(CN2CCC(F)(F)C2)NC(O)NC1=O)C(=O)N1CCN(c2ccc(F)c(Cl)c2)[C@@H](C)C1. The molecule has 0 bridgehead atoms. The Hall–Kier alpha value is -2.08. The van der Waals surface area contributed by atoms with Crippen molar-refractivity contribution in [3.05, 3.63) is 29.0 Å². The monoisotopic (exact) mass is 517 g/mol. The van der Waals surface area contributed by atoms with E-state index in [2.05, 4.69) is 15.5 Å². The number of aliphatic hydroxyl groups excluding tert-OH is 1. The van der Waals surface area contributed by atoms with Gasteiger partial charge in [-0.05, 0) is 31.5 Å². The average Bonchev–Trinajstić information content (AvgIpc) is 3.25. The fraction of sp³-hybridized carbons (Fsp3) is 0.652. The lowest BCUT2D eigenvalue weighted by molar-refractivity contribution is -0.137. The molecule has 3 aliphatic heterocycles. The molecular weight excluding hydrogens is 487 g/mol. The largest absolute Gasteiger partial charge is 0.365 e. The average molecular weight is 518 g/mol. The first kappa shape index (κ1) is 26.0. The molecule has 3 aliphatic rings. The number of halogens is 4. The zero-order valence-corrected chi connectivity index (χ0v) is 20.5. The Labute approximate surface area is 207 Å². The van der Waals surface area contributed by atoms with Crippen LogP contribution in [0.1, 0.15) is 26.7 Å². The Bertz CT molecular complexity index is 986. The second kappa shape index (κ2) is 9.76. The molecule has 1 aromatic carbocycles. The summed E-state index contributed by atoms with van der Waals surface area (Å²) in [5, 5.41) is 15.2. The number of benzene rings is 1. The minimum absolute atomic E-state index is 0.0292. The Balaban J connectivity index is 1.41. The number of hydrogen-bond donors (Lipinski definition) is 3. The van der Waals surface area contributed by atoms with Crippen molar-refractivity contribution < 1.29 is 27.9 Å². The Morgan fingerprint density at radius 3 is 2.63 bits per heavy atom. The first-order chi connectivity index (χ1) is 16.4. The number of carbonyl (C=O) groups excluding carboxylic acids is 2. The highest BCUT2D eigenvalue weighted by Gasteiger charge is 2.51. The van der Waals surface area contributed by atoms with Crippen LogP contribution in [0.4, 0.5) is 18.9 Å². The fourth-order valence-corrected chi connectivity index (χ4v) is 5.58. The quantitative estimate of drug-likeness (QED) is 0.531. The van der Waals surface area contributed by atoms with Gasteiger partial charge in [0, 0.05) is 56.8 Å². The molecule has 0 radical (unpaired) electrons. The van der Waals surface area contributed by atoms with Crippen molar-refractivity contribution in [1.29, 1.82) is 0 Å². The maximum atomic E-state index is 13.7. The Kier molecular flexibility index (Phi) is 7.25. The zero-order valence-electron chi connectivity index (χ0n) is 19.7. The summed E-state index contributed by atoms with van der Waals surface area (Å²) < 4.78 is 41.0. The lowest BCUT2D eigenvalue weighted by Gasteiger charge is -2.42. The van der Waals surface area contributed by atoms with Crippen molar-refractivity contribution in [3.63, 3.8) is 0 Å². The maximum absolute atomic E-state index is 13.7. The van der Waals surface area contributed by atoms with Crippen LogP contribution >= 0.6 is 11.6 Å². The highest BCUT2D eigenvalue weighted by atomic mass is 35.5. The van der Waals surface area contributed by atoms with Gasteiger partial charge in [0.1, 0.15) is 11.4 Å². The molecule has 12 heteroatoms. The maximum Gasteiger partial charge on any atom is 0.261 e. The summed E-state index contributed by atoms with van der Waals surface area (Å²) in [6.45, 7) is 4.68. The summed E-state index contributed by atoms with van der Waals surface area (Å²) in [7, 11) is 0. The second-order valence-electron chi connectivity index (χ2n) is 9.95. The second-order valence-corrected chi connectivity index (χ2v) is 10.4. The van der Waals surface area contributed by atoms with Crippen LogP contribution < -0.4 is 15.5 Å². The highest BCUT2D eigenvalue weighted by molar-refractivity contribution is 6.31. The van der Waals surface area contributed by atoms with Crippen LogP contribution in [0.25, 0.3) is 0 Å². The van der Waals surface area contributed by atoms with Crippen LogP contribution in [0.15, 0.2) is 18.2 Å². The van der Waals surface area contributed by atoms with Gasteiger partial charge in [-0.3, -0.25) is 19.8 Å². The summed E-state index contributed by atoms with van der Waals surface area (Å²) in [6, 6.07) is 4.47. The van der Waals surface area contributed by atoms with E-state index in [1.165, 1.54) is 11.0 Å². The zero-order chi connectivity index (χ0) is 25.5. The van der Waals surface area contributed by atoms with E-state index in [0.717, 1.165) is 5.69 Å². The molecule has 1 aromatic rings. The number of carbonyl (C=O) groups is 2. The van der Waals surface area contributed by atoms with Gasteiger partial charge in [0.2, 0.25) is 11.8 Å². The molecule has 2 amide bonds. The predicted octanol–water partition coefficient (Wildman–Crippen LogP) is 1.62. The number of rotatable bonds is 6. The fourth-order valence-electron chi connectivity index (χ4n) is 5.41. The third-order valence-electron chi connectivity index (χ3n) is 7.11. The van der Waals surface area contributed by atoms with Crippen LogP contribution in [0, 0.1) is 11.7 Å². The smallest absolute Gasteiger partial charge is 0.261 e. The molecule has 8 nitrogen and oxygen atoms in total. The van der Waals surface area contributed by atoms with Gasteiger partial charge in [-0.15, -0.1) is 0 Å². The van der Waals surface area contributed by atoms with Crippen molar-refractivity contribution >= 4 is 29.1 Å². The summed E-state index contributed by atoms with van der Waals surface area (Å²) in [5.74, 6) is -4.57. The summed E-state index contributed by atoms with van der Waals surface area (Å²) in [5.41, 5.74) is -0.584. The van der Waals surface area contributed by atoms with Crippen molar-refractivity contribution in [2.24, 2.45) is 5.92 Å². The van der Waals surface area contributed by atoms with E-state index in [0.29, 0.717) is 19.6 Å². The summed E-state index contributed by atoms with van der Waals surface area (Å²) in [6.07, 6.45) is -1.54. The van der Waals surface area contributed by atoms with E-state index >= 15 is 0 Å². The molecule has 3 saturated heterocycles. The number of aliphatic hydroxyl groups is 1. The number of hydrogen-bond acceptors (Lipinski definition) is 6. The van der Waals surface area contributed by atoms with Crippen LogP contribution in [-0.4, -0.2) is 89.8 Å². The molecule has 4 rings (SSSR count). The van der Waals surface area contributed by atoms with Crippen molar-refractivity contribution in [1.82, 2.24) is 20.4 Å². The number of anilines is 1. The first-order valence-corrected chi connectivity index (χ1v) is 12.1. The minimum Gasteiger partial charge on any atom is -0.365 e. The summed E-state index contributed by atoms with van der Waals surface area (Å²) >= 11 is 5.93. The van der Waals surface area contributed by atoms with Gasteiger partial charge < -0.3 is 20.2 Å². The van der Waals surface area contributed by atoms with Gasteiger partial charge in [0.25, 0.3) is 5.92 Å². The number of nitrogens with one attached hydrogen (secondary N) is 2. The minimum atomic E-state index is -2.82. The highest BCUT2D eigenvalue weighted by Crippen LogP contribution is 2.32. The topological polar surface area (TPSA) is 88.1 Å². The van der Waals surface area contributed by atoms with Crippen LogP contribution in [0.5, 0.6) is 0 Å². The molecule has 4 atom stereocenters. The van der Waals surface area contributed by atoms with E-state index in [1.807, 2.05) is 6.92 Å². The third-order valence-corrected chi connectivity index (χ3v) is 7.40. The van der Waals surface area contributed by atoms with E-state index in [9.17, 15) is 27.9 Å². The molecule has 3 N–H and O–H groups in total. The standard InChI is InChI=1S/C23H31ClF3N5O3/c1-14(10-22(20(34)28-21(35)29-22)12-30-6-5-23(26,27)13-30)19(33)31-7-8-32(15(2)11-31)16-3-4-18(25)17(24)9-16/h3-4,9,14-15,21,29,35H,5-8,10-13H2,1-2H3,(H,28,34)/t14?,15-,21?,22?/m0/s1. The molecular formula is C23H31ClF3N5O3. The molecule has 3 unspecified atom stereocenters. The molecule has 35 heavy (non-hydrogen) atoms. The molecule has 0 spiro atoms. The van der Waals surface area contributed by atoms with Gasteiger partial charge in [0.15, 0.2) is 6.35 Å². The Morgan fingerprint density at radius 1 is 1.31 bits per heavy atom. The molecule has 0 aliphatic carbocycles. The summed E-state index contributed by atoms with van der Waals surface area (Å²) in [4.78, 5) is 31.4. The van der Waals surface area contributed by atoms with Gasteiger partial charge in [0.05, 0.1) is 11.6 Å². The van der Waals surface area contributed by atoms with Crippen LogP contribution in [-0.2, 0) is 9.59 Å². The van der Waals surface area contributed by atoms with E-state index in [1.54, 1.807) is 24.0 Å². The Morgan fingerprint density at radius 2 is 2.06 bits per heavy atom. The van der Waals surface area contributed by atoms with Gasteiger partial charge in [-0.2, -0.15) is 0 Å². The molecule has 3 fully saturated rings.